The van der Waals surface area contributed by atoms with Gasteiger partial charge in [0.05, 0.1) is 25.4 Å². The number of rotatable bonds is 7. The second kappa shape index (κ2) is 10.9. The predicted molar refractivity (Wildman–Crippen MR) is 176 cm³/mol. The number of likely N-dealkylation sites (tertiary alicyclic amines) is 1. The summed E-state index contributed by atoms with van der Waals surface area (Å²) in [6.45, 7) is 1.60. The fraction of sp³-hybridized carbons (Fsp3) is 0.371. The molecule has 2 aromatic carbocycles. The van der Waals surface area contributed by atoms with Gasteiger partial charge in [-0.25, -0.2) is 14.8 Å². The number of carbonyl (C=O) groups is 2. The van der Waals surface area contributed by atoms with Crippen molar-refractivity contribution >= 4 is 39.8 Å². The van der Waals surface area contributed by atoms with E-state index in [0.717, 1.165) is 64.0 Å². The third kappa shape index (κ3) is 4.68. The van der Waals surface area contributed by atoms with Crippen LogP contribution < -0.4 is 15.8 Å². The number of imidazole rings is 1. The maximum absolute atomic E-state index is 13.7. The zero-order valence-corrected chi connectivity index (χ0v) is 26.2. The number of fused-ring (bicyclic) bond motifs is 4. The number of pyridine rings is 1. The van der Waals surface area contributed by atoms with Crippen LogP contribution in [0.1, 0.15) is 36.0 Å². The largest absolute Gasteiger partial charge is 0.494 e. The van der Waals surface area contributed by atoms with Gasteiger partial charge < -0.3 is 29.2 Å². The summed E-state index contributed by atoms with van der Waals surface area (Å²) in [5.41, 5.74) is 12.6. The van der Waals surface area contributed by atoms with Gasteiger partial charge in [0.2, 0.25) is 0 Å². The van der Waals surface area contributed by atoms with E-state index in [2.05, 4.69) is 43.7 Å². The van der Waals surface area contributed by atoms with E-state index in [1.54, 1.807) is 13.3 Å². The molecule has 3 aliphatic rings. The average Bonchev–Trinajstić information content (AvgIpc) is 3.47. The Balaban J connectivity index is 1.21. The highest BCUT2D eigenvalue weighted by Crippen LogP contribution is 2.41. The van der Waals surface area contributed by atoms with Crippen LogP contribution in [0, 0.1) is 11.8 Å². The molecule has 11 heteroatoms. The fourth-order valence-electron chi connectivity index (χ4n) is 7.48. The Morgan fingerprint density at radius 3 is 2.57 bits per heavy atom. The number of hydrogen-bond donors (Lipinski definition) is 2. The Kier molecular flexibility index (Phi) is 6.75. The van der Waals surface area contributed by atoms with Gasteiger partial charge >= 0.3 is 6.09 Å². The lowest BCUT2D eigenvalue weighted by atomic mass is 10.1. The smallest absolute Gasteiger partial charge is 0.412 e. The average molecular weight is 620 g/mol. The molecule has 3 aromatic heterocycles. The van der Waals surface area contributed by atoms with E-state index < -0.39 is 6.09 Å². The first kappa shape index (κ1) is 28.6. The molecule has 8 rings (SSSR count). The number of carbonyl (C=O) groups excluding carboxylic acids is 2. The van der Waals surface area contributed by atoms with Crippen LogP contribution in [-0.4, -0.2) is 68.9 Å². The first-order valence-corrected chi connectivity index (χ1v) is 15.9. The number of aryl methyl sites for hydroxylation is 1. The van der Waals surface area contributed by atoms with Gasteiger partial charge in [-0.15, -0.1) is 0 Å². The Morgan fingerprint density at radius 2 is 1.85 bits per heavy atom. The number of aromatic nitrogens is 4. The Labute approximate surface area is 266 Å². The molecular weight excluding hydrogens is 582 g/mol. The maximum atomic E-state index is 13.7. The van der Waals surface area contributed by atoms with Gasteiger partial charge in [0, 0.05) is 54.9 Å². The van der Waals surface area contributed by atoms with Crippen LogP contribution in [0.4, 0.5) is 10.6 Å². The molecule has 2 bridgehead atoms. The van der Waals surface area contributed by atoms with Crippen LogP contribution in [0.5, 0.6) is 5.75 Å². The first-order chi connectivity index (χ1) is 22.3. The van der Waals surface area contributed by atoms with Crippen LogP contribution in [0.3, 0.4) is 0 Å². The molecule has 4 heterocycles. The summed E-state index contributed by atoms with van der Waals surface area (Å²) in [5.74, 6) is 2.85. The number of amides is 2. The van der Waals surface area contributed by atoms with Gasteiger partial charge in [-0.05, 0) is 85.0 Å². The third-order valence-electron chi connectivity index (χ3n) is 10.1. The molecule has 2 amide bonds. The van der Waals surface area contributed by atoms with Crippen molar-refractivity contribution in [3.63, 3.8) is 0 Å². The molecule has 2 unspecified atom stereocenters. The van der Waals surface area contributed by atoms with Crippen molar-refractivity contribution in [2.24, 2.45) is 24.6 Å². The Hall–Kier alpha value is -4.90. The van der Waals surface area contributed by atoms with Crippen LogP contribution in [-0.2, 0) is 18.3 Å². The van der Waals surface area contributed by atoms with Crippen LogP contribution >= 0.6 is 0 Å². The minimum Gasteiger partial charge on any atom is -0.494 e. The Morgan fingerprint density at radius 1 is 1.02 bits per heavy atom. The van der Waals surface area contributed by atoms with E-state index >= 15 is 0 Å². The van der Waals surface area contributed by atoms with Gasteiger partial charge in [-0.1, -0.05) is 12.1 Å². The number of nitrogens with zero attached hydrogens (tertiary/aromatic N) is 5. The number of ether oxygens (including phenoxy) is 2. The lowest BCUT2D eigenvalue weighted by molar-refractivity contribution is 0.0700. The van der Waals surface area contributed by atoms with Gasteiger partial charge in [0.25, 0.3) is 5.91 Å². The van der Waals surface area contributed by atoms with Crippen molar-refractivity contribution < 1.29 is 19.1 Å². The van der Waals surface area contributed by atoms with Crippen molar-refractivity contribution in [3.8, 4) is 28.4 Å². The summed E-state index contributed by atoms with van der Waals surface area (Å²) in [6, 6.07) is 16.3. The predicted octanol–water partition coefficient (Wildman–Crippen LogP) is 5.42. The number of nitrogens with two attached hydrogens (primary N) is 1. The molecular formula is C35H37N7O4. The lowest BCUT2D eigenvalue weighted by Gasteiger charge is -2.27. The fourth-order valence-corrected chi connectivity index (χ4v) is 7.48. The lowest BCUT2D eigenvalue weighted by Crippen LogP contribution is -2.41. The van der Waals surface area contributed by atoms with E-state index in [0.29, 0.717) is 35.5 Å². The van der Waals surface area contributed by atoms with E-state index in [9.17, 15) is 9.59 Å². The highest BCUT2D eigenvalue weighted by molar-refractivity contribution is 6.01. The molecule has 46 heavy (non-hydrogen) atoms. The van der Waals surface area contributed by atoms with Crippen LogP contribution in [0.25, 0.3) is 44.6 Å². The minimum absolute atomic E-state index is 0.00788. The molecule has 3 atom stereocenters. The molecule has 2 saturated carbocycles. The molecule has 236 valence electrons. The minimum atomic E-state index is -0.564. The standard InChI is InChI=1S/C35H37N7O4/c1-40-32-25(12-24(15-29(32)45-2)34(43)42-18-23-8-9-26(42)31(23)36)38-33(40)28-14-22-7-6-20(13-27(22)41(28)17-19-4-5-19)21-10-11-37-30(16-21)39-35(44)46-3/h6-7,10-16,19,23,26,31H,4-5,8-9,17-18,36H2,1-3H3,(H,37,39,44)/t23?,26?,31-/m1/s1. The van der Waals surface area contributed by atoms with Gasteiger partial charge in [0.1, 0.15) is 17.1 Å². The number of anilines is 1. The number of nitrogens with one attached hydrogen (secondary N) is 1. The van der Waals surface area contributed by atoms with Crippen LogP contribution in [0.15, 0.2) is 54.7 Å². The highest BCUT2D eigenvalue weighted by atomic mass is 16.5. The summed E-state index contributed by atoms with van der Waals surface area (Å²) >= 11 is 0. The van der Waals surface area contributed by atoms with E-state index in [1.807, 2.05) is 36.2 Å². The topological polar surface area (TPSA) is 130 Å². The summed E-state index contributed by atoms with van der Waals surface area (Å²) < 4.78 is 15.0. The Bertz CT molecular complexity index is 2030. The van der Waals surface area contributed by atoms with Crippen molar-refractivity contribution in [2.75, 3.05) is 26.1 Å². The molecule has 11 nitrogen and oxygen atoms in total. The second-order valence-corrected chi connectivity index (χ2v) is 12.9. The molecule has 2 aliphatic carbocycles. The van der Waals surface area contributed by atoms with Crippen molar-refractivity contribution in [3.05, 3.63) is 60.3 Å². The van der Waals surface area contributed by atoms with Gasteiger partial charge in [-0.3, -0.25) is 10.1 Å². The van der Waals surface area contributed by atoms with E-state index in [1.165, 1.54) is 20.0 Å². The molecule has 5 aromatic rings. The molecule has 1 saturated heterocycles. The van der Waals surface area contributed by atoms with Crippen molar-refractivity contribution in [1.82, 2.24) is 24.0 Å². The number of piperidine rings is 1. The third-order valence-corrected chi connectivity index (χ3v) is 10.1. The quantitative estimate of drug-likeness (QED) is 0.249. The SMILES string of the molecule is COC(=O)Nc1cc(-c2ccc3cc(-c4nc5cc(C(=O)N6CC7CCC6[C@@H]7N)cc(OC)c5n4C)n(CC4CC4)c3c2)ccn1. The molecule has 0 spiro atoms. The summed E-state index contributed by atoms with van der Waals surface area (Å²) in [4.78, 5) is 36.8. The molecule has 1 aliphatic heterocycles. The van der Waals surface area contributed by atoms with E-state index in [4.69, 9.17) is 20.2 Å². The summed E-state index contributed by atoms with van der Waals surface area (Å²) in [5, 5.41) is 3.75. The zero-order valence-electron chi connectivity index (χ0n) is 26.2. The second-order valence-electron chi connectivity index (χ2n) is 12.9. The van der Waals surface area contributed by atoms with Gasteiger partial charge in [-0.2, -0.15) is 0 Å². The normalized spacial score (nSPS) is 20.5. The molecule has 0 radical (unpaired) electrons. The van der Waals surface area contributed by atoms with Crippen molar-refractivity contribution in [2.45, 2.75) is 44.3 Å². The molecule has 3 fully saturated rings. The summed E-state index contributed by atoms with van der Waals surface area (Å²) in [7, 11) is 4.97. The number of methoxy groups -OCH3 is 2. The van der Waals surface area contributed by atoms with Gasteiger partial charge in [0.15, 0.2) is 5.82 Å². The number of hydrogen-bond acceptors (Lipinski definition) is 7. The number of benzene rings is 2. The summed E-state index contributed by atoms with van der Waals surface area (Å²) in [6.07, 6.45) is 5.57. The van der Waals surface area contributed by atoms with Crippen LogP contribution in [0.2, 0.25) is 0 Å². The highest BCUT2D eigenvalue weighted by Gasteiger charge is 2.47. The zero-order chi connectivity index (χ0) is 31.7. The van der Waals surface area contributed by atoms with E-state index in [-0.39, 0.29) is 18.0 Å². The van der Waals surface area contributed by atoms with Crippen molar-refractivity contribution in [1.29, 1.82) is 0 Å². The maximum Gasteiger partial charge on any atom is 0.412 e. The monoisotopic (exact) mass is 619 g/mol. The first-order valence-electron chi connectivity index (χ1n) is 15.9. The molecule has 3 N–H and O–H groups in total.